The molecule has 170 valence electrons. The van der Waals surface area contributed by atoms with Crippen LogP contribution in [0, 0.1) is 5.92 Å². The van der Waals surface area contributed by atoms with Crippen molar-refractivity contribution < 1.29 is 14.6 Å². The van der Waals surface area contributed by atoms with Crippen LogP contribution in [0.15, 0.2) is 34.6 Å². The molecule has 0 aliphatic carbocycles. The lowest BCUT2D eigenvalue weighted by Crippen LogP contribution is -2.44. The van der Waals surface area contributed by atoms with Crippen LogP contribution >= 0.6 is 11.3 Å². The lowest BCUT2D eigenvalue weighted by molar-refractivity contribution is 0.140. The average molecular weight is 447 g/mol. The van der Waals surface area contributed by atoms with Crippen LogP contribution in [0.5, 0.6) is 17.2 Å². The van der Waals surface area contributed by atoms with E-state index in [1.165, 1.54) is 31.9 Å². The molecule has 0 spiro atoms. The van der Waals surface area contributed by atoms with E-state index in [2.05, 4.69) is 45.0 Å². The molecule has 0 amide bonds. The summed E-state index contributed by atoms with van der Waals surface area (Å²) in [4.78, 5) is 8.35. The highest BCUT2D eigenvalue weighted by Gasteiger charge is 2.25. The Morgan fingerprint density at radius 3 is 2.45 bits per heavy atom. The van der Waals surface area contributed by atoms with Crippen molar-refractivity contribution in [2.24, 2.45) is 10.9 Å². The van der Waals surface area contributed by atoms with Gasteiger partial charge in [0.15, 0.2) is 17.5 Å². The van der Waals surface area contributed by atoms with Crippen molar-refractivity contribution in [2.45, 2.75) is 32.4 Å². The number of benzene rings is 1. The van der Waals surface area contributed by atoms with E-state index >= 15 is 0 Å². The van der Waals surface area contributed by atoms with E-state index in [-0.39, 0.29) is 5.75 Å². The molecular weight excluding hydrogens is 412 g/mol. The molecule has 2 aromatic rings. The quantitative estimate of drug-likeness (QED) is 0.425. The van der Waals surface area contributed by atoms with Crippen LogP contribution < -0.4 is 20.1 Å². The Morgan fingerprint density at radius 2 is 1.90 bits per heavy atom. The monoisotopic (exact) mass is 446 g/mol. The number of hydrogen-bond donors (Lipinski definition) is 3. The number of phenolic OH excluding ortho intramolecular Hbond substituents is 1. The number of hydrogen-bond acceptors (Lipinski definition) is 6. The molecule has 3 N–H and O–H groups in total. The molecule has 1 saturated heterocycles. The van der Waals surface area contributed by atoms with Gasteiger partial charge in [-0.2, -0.15) is 0 Å². The molecule has 1 unspecified atom stereocenters. The number of thiophene rings is 1. The maximum atomic E-state index is 10.1. The number of phenols is 1. The number of aliphatic imine (C=N–C) groups is 1. The number of nitrogens with one attached hydrogen (secondary N) is 2. The zero-order valence-corrected chi connectivity index (χ0v) is 19.7. The van der Waals surface area contributed by atoms with Gasteiger partial charge in [-0.25, -0.2) is 0 Å². The Labute approximate surface area is 189 Å². The van der Waals surface area contributed by atoms with Gasteiger partial charge in [0, 0.05) is 25.0 Å². The third-order valence-corrected chi connectivity index (χ3v) is 6.79. The van der Waals surface area contributed by atoms with Crippen LogP contribution in [-0.2, 0) is 6.54 Å². The fraction of sp³-hybridized carbons (Fsp3) is 0.522. The third-order valence-electron chi connectivity index (χ3n) is 5.82. The molecule has 1 aliphatic heterocycles. The highest BCUT2D eigenvalue weighted by Crippen LogP contribution is 2.37. The van der Waals surface area contributed by atoms with Crippen LogP contribution in [0.3, 0.4) is 0 Å². The SMILES string of the molecule is CN=C(NCc1cc(OC)c(O)c(OC)c1)NCC(c1cccs1)N1CCC(C)CC1. The maximum absolute atomic E-state index is 10.1. The first-order valence-electron chi connectivity index (χ1n) is 10.7. The summed E-state index contributed by atoms with van der Waals surface area (Å²) in [6.45, 7) is 5.91. The van der Waals surface area contributed by atoms with Gasteiger partial charge in [0.1, 0.15) is 0 Å². The van der Waals surface area contributed by atoms with Gasteiger partial charge in [-0.3, -0.25) is 9.89 Å². The summed E-state index contributed by atoms with van der Waals surface area (Å²) in [5.41, 5.74) is 0.925. The van der Waals surface area contributed by atoms with E-state index in [0.29, 0.717) is 24.1 Å². The number of aromatic hydroxyl groups is 1. The van der Waals surface area contributed by atoms with E-state index in [9.17, 15) is 5.11 Å². The maximum Gasteiger partial charge on any atom is 0.200 e. The van der Waals surface area contributed by atoms with Gasteiger partial charge in [-0.1, -0.05) is 13.0 Å². The van der Waals surface area contributed by atoms with Gasteiger partial charge < -0.3 is 25.2 Å². The lowest BCUT2D eigenvalue weighted by atomic mass is 9.97. The summed E-state index contributed by atoms with van der Waals surface area (Å²) in [7, 11) is 4.83. The third kappa shape index (κ3) is 6.04. The molecule has 1 fully saturated rings. The Kier molecular flexibility index (Phi) is 8.43. The minimum absolute atomic E-state index is 0.00546. The zero-order chi connectivity index (χ0) is 22.2. The number of piperidine rings is 1. The Hall–Kier alpha value is -2.45. The van der Waals surface area contributed by atoms with Gasteiger partial charge in [-0.05, 0) is 61.0 Å². The van der Waals surface area contributed by atoms with Crippen LogP contribution in [0.1, 0.15) is 36.2 Å². The second-order valence-corrected chi connectivity index (χ2v) is 8.88. The molecule has 0 bridgehead atoms. The van der Waals surface area contributed by atoms with Crippen LogP contribution in [0.4, 0.5) is 0 Å². The van der Waals surface area contributed by atoms with E-state index in [1.54, 1.807) is 19.2 Å². The van der Waals surface area contributed by atoms with E-state index < -0.39 is 0 Å². The topological polar surface area (TPSA) is 78.4 Å². The molecular formula is C23H34N4O3S. The van der Waals surface area contributed by atoms with E-state index in [1.807, 2.05) is 11.3 Å². The van der Waals surface area contributed by atoms with Crippen molar-refractivity contribution >= 4 is 17.3 Å². The minimum Gasteiger partial charge on any atom is -0.502 e. The molecule has 1 atom stereocenters. The predicted octanol–water partition coefficient (Wildman–Crippen LogP) is 3.61. The van der Waals surface area contributed by atoms with Gasteiger partial charge in [-0.15, -0.1) is 11.3 Å². The molecule has 0 saturated carbocycles. The summed E-state index contributed by atoms with van der Waals surface area (Å²) in [6, 6.07) is 8.27. The fourth-order valence-corrected chi connectivity index (χ4v) is 4.74. The summed E-state index contributed by atoms with van der Waals surface area (Å²) < 4.78 is 10.5. The Balaban J connectivity index is 1.62. The highest BCUT2D eigenvalue weighted by atomic mass is 32.1. The second-order valence-electron chi connectivity index (χ2n) is 7.91. The van der Waals surface area contributed by atoms with Gasteiger partial charge >= 0.3 is 0 Å². The molecule has 8 heteroatoms. The number of likely N-dealkylation sites (tertiary alicyclic amines) is 1. The Morgan fingerprint density at radius 1 is 1.23 bits per heavy atom. The van der Waals surface area contributed by atoms with Crippen molar-refractivity contribution in [2.75, 3.05) is 40.9 Å². The van der Waals surface area contributed by atoms with E-state index in [0.717, 1.165) is 37.1 Å². The summed E-state index contributed by atoms with van der Waals surface area (Å²) >= 11 is 1.81. The number of nitrogens with zero attached hydrogens (tertiary/aromatic N) is 2. The van der Waals surface area contributed by atoms with Crippen LogP contribution in [-0.4, -0.2) is 56.9 Å². The molecule has 0 radical (unpaired) electrons. The number of methoxy groups -OCH3 is 2. The number of rotatable bonds is 8. The summed E-state index contributed by atoms with van der Waals surface area (Å²) in [5, 5.41) is 19.1. The predicted molar refractivity (Wildman–Crippen MR) is 126 cm³/mol. The number of ether oxygens (including phenoxy) is 2. The molecule has 3 rings (SSSR count). The molecule has 7 nitrogen and oxygen atoms in total. The normalized spacial score (nSPS) is 16.7. The molecule has 1 aromatic heterocycles. The van der Waals surface area contributed by atoms with Gasteiger partial charge in [0.25, 0.3) is 0 Å². The minimum atomic E-state index is 0.00546. The first-order chi connectivity index (χ1) is 15.0. The first-order valence-corrected chi connectivity index (χ1v) is 11.6. The van der Waals surface area contributed by atoms with Gasteiger partial charge in [0.2, 0.25) is 5.75 Å². The van der Waals surface area contributed by atoms with Crippen molar-refractivity contribution in [3.8, 4) is 17.2 Å². The smallest absolute Gasteiger partial charge is 0.200 e. The number of guanidine groups is 1. The highest BCUT2D eigenvalue weighted by molar-refractivity contribution is 7.10. The van der Waals surface area contributed by atoms with Crippen molar-refractivity contribution in [1.82, 2.24) is 15.5 Å². The van der Waals surface area contributed by atoms with Crippen LogP contribution in [0.2, 0.25) is 0 Å². The van der Waals surface area contributed by atoms with E-state index in [4.69, 9.17) is 9.47 Å². The zero-order valence-electron chi connectivity index (χ0n) is 18.9. The standard InChI is InChI=1S/C23H34N4O3S/c1-16-7-9-27(10-8-16)18(21-6-5-11-31-21)15-26-23(24-2)25-14-17-12-19(29-3)22(28)20(13-17)30-4/h5-6,11-13,16,18,28H,7-10,14-15H2,1-4H3,(H2,24,25,26). The fourth-order valence-electron chi connectivity index (χ4n) is 3.88. The van der Waals surface area contributed by atoms with Crippen LogP contribution in [0.25, 0.3) is 0 Å². The summed E-state index contributed by atoms with van der Waals surface area (Å²) in [6.07, 6.45) is 2.50. The molecule has 2 heterocycles. The van der Waals surface area contributed by atoms with Crippen molar-refractivity contribution in [3.63, 3.8) is 0 Å². The largest absolute Gasteiger partial charge is 0.502 e. The summed E-state index contributed by atoms with van der Waals surface area (Å²) in [5.74, 6) is 2.32. The second kappa shape index (κ2) is 11.2. The molecule has 31 heavy (non-hydrogen) atoms. The lowest BCUT2D eigenvalue weighted by Gasteiger charge is -2.36. The molecule has 1 aliphatic rings. The first kappa shape index (κ1) is 23.2. The molecule has 1 aromatic carbocycles. The average Bonchev–Trinajstić information content (AvgIpc) is 3.32. The Bertz CT molecular complexity index is 824. The van der Waals surface area contributed by atoms with Gasteiger partial charge in [0.05, 0.1) is 20.3 Å². The van der Waals surface area contributed by atoms with Crippen molar-refractivity contribution in [3.05, 3.63) is 40.1 Å². The van der Waals surface area contributed by atoms with Crippen molar-refractivity contribution in [1.29, 1.82) is 0 Å².